The third kappa shape index (κ3) is 2.56. The molecule has 0 unspecified atom stereocenters. The van der Waals surface area contributed by atoms with Gasteiger partial charge in [-0.1, -0.05) is 17.7 Å². The second-order valence-corrected chi connectivity index (χ2v) is 7.67. The number of hydrogen-bond donors (Lipinski definition) is 0. The third-order valence-electron chi connectivity index (χ3n) is 3.12. The predicted molar refractivity (Wildman–Crippen MR) is 70.6 cm³/mol. The molecule has 2 nitrogen and oxygen atoms in total. The van der Waals surface area contributed by atoms with Gasteiger partial charge in [0.1, 0.15) is 0 Å². The van der Waals surface area contributed by atoms with E-state index in [-0.39, 0.29) is 21.2 Å². The van der Waals surface area contributed by atoms with Crippen molar-refractivity contribution < 1.29 is 30.7 Å². The van der Waals surface area contributed by atoms with Crippen LogP contribution in [0.4, 0.5) is 0 Å². The van der Waals surface area contributed by atoms with E-state index in [2.05, 4.69) is 45.0 Å². The van der Waals surface area contributed by atoms with Crippen LogP contribution >= 0.6 is 0 Å². The first kappa shape index (κ1) is 12.8. The fraction of sp³-hybridized carbons (Fsp3) is 0.250. The Morgan fingerprint density at radius 2 is 1.58 bits per heavy atom. The molecule has 1 heterocycles. The molecular weight excluding hydrogens is 351 g/mol. The average molecular weight is 367 g/mol. The van der Waals surface area contributed by atoms with Gasteiger partial charge in [0.2, 0.25) is 6.79 Å². The van der Waals surface area contributed by atoms with Crippen molar-refractivity contribution in [2.24, 2.45) is 0 Å². The minimum Gasteiger partial charge on any atom is -0.454 e. The summed E-state index contributed by atoms with van der Waals surface area (Å²) in [7, 11) is 0. The van der Waals surface area contributed by atoms with Gasteiger partial charge in [-0.2, -0.15) is 0 Å². The Morgan fingerprint density at radius 1 is 0.895 bits per heavy atom. The number of fused-ring (bicyclic) bond motifs is 1. The van der Waals surface area contributed by atoms with Gasteiger partial charge in [-0.15, -0.1) is 0 Å². The first-order valence-corrected chi connectivity index (χ1v) is 8.41. The second kappa shape index (κ2) is 5.04. The maximum Gasteiger partial charge on any atom is 0.358 e. The van der Waals surface area contributed by atoms with Gasteiger partial charge in [-0.3, -0.25) is 0 Å². The topological polar surface area (TPSA) is 18.5 Å². The van der Waals surface area contributed by atoms with Crippen LogP contribution in [0.2, 0.25) is 0 Å². The first-order valence-electron chi connectivity index (χ1n) is 6.26. The molecule has 0 amide bonds. The molecule has 0 aliphatic carbocycles. The summed E-state index contributed by atoms with van der Waals surface area (Å²) in [6.45, 7) is 6.92. The van der Waals surface area contributed by atoms with Crippen LogP contribution in [0, 0.1) is 27.9 Å². The molecule has 0 saturated carbocycles. The van der Waals surface area contributed by atoms with E-state index in [0.717, 1.165) is 11.5 Å². The zero-order valence-electron chi connectivity index (χ0n) is 11.3. The molecule has 0 fully saturated rings. The summed E-state index contributed by atoms with van der Waals surface area (Å²) < 4.78 is 13.7. The van der Waals surface area contributed by atoms with E-state index in [4.69, 9.17) is 9.47 Å². The molecule has 0 aromatic heterocycles. The molecule has 3 heteroatoms. The monoisotopic (exact) mass is 367 g/mol. The van der Waals surface area contributed by atoms with Crippen LogP contribution in [0.5, 0.6) is 11.5 Å². The lowest BCUT2D eigenvalue weighted by Crippen LogP contribution is -3.62. The highest BCUT2D eigenvalue weighted by Crippen LogP contribution is 2.30. The first-order chi connectivity index (χ1) is 9.13. The summed E-state index contributed by atoms with van der Waals surface area (Å²) in [5, 5.41) is 0. The van der Waals surface area contributed by atoms with Crippen molar-refractivity contribution in [2.75, 3.05) is 6.79 Å². The fourth-order valence-electron chi connectivity index (χ4n) is 2.35. The van der Waals surface area contributed by atoms with E-state index >= 15 is 0 Å². The Morgan fingerprint density at radius 3 is 2.32 bits per heavy atom. The van der Waals surface area contributed by atoms with Crippen LogP contribution in [-0.4, -0.2) is 6.79 Å². The van der Waals surface area contributed by atoms with Crippen molar-refractivity contribution >= 4 is 0 Å². The summed E-state index contributed by atoms with van der Waals surface area (Å²) >= 11 is -0.171. The molecule has 1 aliphatic rings. The Hall–Kier alpha value is -1.23. The smallest absolute Gasteiger partial charge is 0.358 e. The Kier molecular flexibility index (Phi) is 3.39. The third-order valence-corrected chi connectivity index (χ3v) is 6.65. The lowest BCUT2D eigenvalue weighted by Gasteiger charge is -2.01. The molecule has 0 atom stereocenters. The van der Waals surface area contributed by atoms with E-state index in [1.165, 1.54) is 23.8 Å². The molecule has 3 rings (SSSR count). The highest BCUT2D eigenvalue weighted by molar-refractivity contribution is 5.41. The van der Waals surface area contributed by atoms with Gasteiger partial charge >= 0.3 is 21.2 Å². The number of hydrogen-bond acceptors (Lipinski definition) is 2. The van der Waals surface area contributed by atoms with Gasteiger partial charge in [0.15, 0.2) is 18.6 Å². The van der Waals surface area contributed by atoms with Crippen LogP contribution in [-0.2, 0) is 0 Å². The van der Waals surface area contributed by atoms with Gasteiger partial charge in [-0.05, 0) is 32.9 Å². The van der Waals surface area contributed by atoms with Crippen LogP contribution in [0.1, 0.15) is 16.7 Å². The standard InChI is InChI=1S/C16H16IO2/c1-10-6-11(2)16(12(3)7-10)17-13-4-5-14-15(8-13)19-9-18-14/h4-8H,9H2,1-3H3/q+1. The summed E-state index contributed by atoms with van der Waals surface area (Å²) in [6, 6.07) is 10.9. The van der Waals surface area contributed by atoms with Crippen LogP contribution in [0.25, 0.3) is 0 Å². The number of ether oxygens (including phenoxy) is 2. The maximum atomic E-state index is 5.45. The predicted octanol–water partition coefficient (Wildman–Crippen LogP) is 0.469. The van der Waals surface area contributed by atoms with Crippen molar-refractivity contribution in [3.8, 4) is 11.5 Å². The number of halogens is 1. The minimum atomic E-state index is -0.171. The molecule has 0 spiro atoms. The summed E-state index contributed by atoms with van der Waals surface area (Å²) in [5.41, 5.74) is 4.15. The Balaban J connectivity index is 1.93. The quantitative estimate of drug-likeness (QED) is 0.719. The number of rotatable bonds is 2. The molecule has 0 N–H and O–H groups in total. The van der Waals surface area contributed by atoms with Crippen molar-refractivity contribution in [1.82, 2.24) is 0 Å². The van der Waals surface area contributed by atoms with Crippen LogP contribution < -0.4 is 30.7 Å². The zero-order chi connectivity index (χ0) is 13.4. The van der Waals surface area contributed by atoms with Crippen molar-refractivity contribution in [3.05, 3.63) is 54.2 Å². The van der Waals surface area contributed by atoms with Gasteiger partial charge in [-0.25, -0.2) is 0 Å². The summed E-state index contributed by atoms with van der Waals surface area (Å²) in [5.74, 6) is 1.75. The average Bonchev–Trinajstić information content (AvgIpc) is 2.81. The normalized spacial score (nSPS) is 12.8. The molecule has 19 heavy (non-hydrogen) atoms. The van der Waals surface area contributed by atoms with E-state index in [1.807, 2.05) is 6.07 Å². The molecule has 0 saturated heterocycles. The zero-order valence-corrected chi connectivity index (χ0v) is 13.4. The van der Waals surface area contributed by atoms with Crippen molar-refractivity contribution in [2.45, 2.75) is 20.8 Å². The SMILES string of the molecule is Cc1cc(C)c([I+]c2ccc3c(c2)OCO3)c(C)c1. The highest BCUT2D eigenvalue weighted by atomic mass is 127. The van der Waals surface area contributed by atoms with E-state index < -0.39 is 0 Å². The fourth-order valence-corrected chi connectivity index (χ4v) is 4.93. The van der Waals surface area contributed by atoms with E-state index in [1.54, 1.807) is 0 Å². The van der Waals surface area contributed by atoms with Crippen LogP contribution in [0.15, 0.2) is 30.3 Å². The molecule has 0 radical (unpaired) electrons. The lowest BCUT2D eigenvalue weighted by molar-refractivity contribution is -0.598. The highest BCUT2D eigenvalue weighted by Gasteiger charge is 2.24. The largest absolute Gasteiger partial charge is 0.454 e. The van der Waals surface area contributed by atoms with Crippen molar-refractivity contribution in [1.29, 1.82) is 0 Å². The van der Waals surface area contributed by atoms with Gasteiger partial charge in [0.25, 0.3) is 0 Å². The number of aryl methyl sites for hydroxylation is 3. The molecule has 0 bridgehead atoms. The molecule has 2 aromatic rings. The number of benzene rings is 2. The van der Waals surface area contributed by atoms with Gasteiger partial charge in [0, 0.05) is 17.2 Å². The Bertz CT molecular complexity index is 612. The lowest BCUT2D eigenvalue weighted by atomic mass is 10.1. The molecule has 2 aromatic carbocycles. The summed E-state index contributed by atoms with van der Waals surface area (Å²) in [6.07, 6.45) is 0. The Labute approximate surface area is 124 Å². The van der Waals surface area contributed by atoms with Gasteiger partial charge < -0.3 is 9.47 Å². The molecular formula is C16H16IO2+. The second-order valence-electron chi connectivity index (χ2n) is 4.80. The van der Waals surface area contributed by atoms with E-state index in [0.29, 0.717) is 6.79 Å². The molecule has 98 valence electrons. The molecule has 1 aliphatic heterocycles. The minimum absolute atomic E-state index is 0.171. The van der Waals surface area contributed by atoms with Gasteiger partial charge in [0.05, 0.1) is 0 Å². The maximum absolute atomic E-state index is 5.45. The van der Waals surface area contributed by atoms with Crippen molar-refractivity contribution in [3.63, 3.8) is 0 Å². The van der Waals surface area contributed by atoms with E-state index in [9.17, 15) is 0 Å². The summed E-state index contributed by atoms with van der Waals surface area (Å²) in [4.78, 5) is 0. The van der Waals surface area contributed by atoms with Crippen LogP contribution in [0.3, 0.4) is 0 Å².